The molecule has 84 valence electrons. The van der Waals surface area contributed by atoms with Gasteiger partial charge in [-0.2, -0.15) is 4.98 Å². The van der Waals surface area contributed by atoms with E-state index >= 15 is 0 Å². The fourth-order valence-electron chi connectivity index (χ4n) is 1.71. The van der Waals surface area contributed by atoms with Crippen molar-refractivity contribution in [2.45, 2.75) is 38.3 Å². The highest BCUT2D eigenvalue weighted by molar-refractivity contribution is 5.01. The molecule has 15 heavy (non-hydrogen) atoms. The number of halogens is 1. The lowest BCUT2D eigenvalue weighted by Crippen LogP contribution is -2.26. The van der Waals surface area contributed by atoms with Gasteiger partial charge in [0.05, 0.1) is 0 Å². The van der Waals surface area contributed by atoms with E-state index in [9.17, 15) is 4.39 Å². The molecular formula is C10H16FN3O. The Morgan fingerprint density at radius 1 is 1.40 bits per heavy atom. The molecule has 0 saturated carbocycles. The third kappa shape index (κ3) is 2.34. The summed E-state index contributed by atoms with van der Waals surface area (Å²) in [4.78, 5) is 4.12. The lowest BCUT2D eigenvalue weighted by atomic mass is 9.98. The second-order valence-corrected chi connectivity index (χ2v) is 4.45. The first-order valence-corrected chi connectivity index (χ1v) is 5.31. The van der Waals surface area contributed by atoms with Crippen molar-refractivity contribution in [1.82, 2.24) is 15.5 Å². The molecule has 1 aromatic heterocycles. The summed E-state index contributed by atoms with van der Waals surface area (Å²) in [6.45, 7) is 4.79. The van der Waals surface area contributed by atoms with E-state index in [-0.39, 0.29) is 11.7 Å². The van der Waals surface area contributed by atoms with Crippen LogP contribution in [0.1, 0.15) is 44.3 Å². The first kappa shape index (κ1) is 10.5. The molecule has 0 amide bonds. The van der Waals surface area contributed by atoms with Gasteiger partial charge in [0.25, 0.3) is 0 Å². The molecule has 1 aromatic rings. The molecule has 1 saturated heterocycles. The molecule has 0 spiro atoms. The van der Waals surface area contributed by atoms with Crippen molar-refractivity contribution in [2.24, 2.45) is 0 Å². The Balaban J connectivity index is 2.12. The summed E-state index contributed by atoms with van der Waals surface area (Å²) >= 11 is 0. The summed E-state index contributed by atoms with van der Waals surface area (Å²) in [5.74, 6) is 1.02. The third-order valence-electron chi connectivity index (χ3n) is 2.66. The number of piperidine rings is 1. The van der Waals surface area contributed by atoms with Crippen molar-refractivity contribution in [3.05, 3.63) is 11.7 Å². The van der Waals surface area contributed by atoms with Crippen molar-refractivity contribution < 1.29 is 8.91 Å². The van der Waals surface area contributed by atoms with Crippen molar-refractivity contribution in [3.63, 3.8) is 0 Å². The van der Waals surface area contributed by atoms with Gasteiger partial charge < -0.3 is 9.84 Å². The molecule has 0 bridgehead atoms. The number of nitrogens with zero attached hydrogens (tertiary/aromatic N) is 2. The second-order valence-electron chi connectivity index (χ2n) is 4.45. The van der Waals surface area contributed by atoms with Gasteiger partial charge >= 0.3 is 0 Å². The molecular weight excluding hydrogens is 197 g/mol. The molecule has 5 heteroatoms. The van der Waals surface area contributed by atoms with Gasteiger partial charge in [0.15, 0.2) is 5.67 Å². The average molecular weight is 213 g/mol. The largest absolute Gasteiger partial charge is 0.339 e. The quantitative estimate of drug-likeness (QED) is 0.813. The van der Waals surface area contributed by atoms with Gasteiger partial charge in [-0.05, 0) is 39.8 Å². The lowest BCUT2D eigenvalue weighted by molar-refractivity contribution is 0.198. The van der Waals surface area contributed by atoms with Gasteiger partial charge in [-0.15, -0.1) is 0 Å². The third-order valence-corrected chi connectivity index (χ3v) is 2.66. The van der Waals surface area contributed by atoms with Gasteiger partial charge in [0, 0.05) is 5.92 Å². The monoisotopic (exact) mass is 213 g/mol. The van der Waals surface area contributed by atoms with E-state index in [4.69, 9.17) is 4.52 Å². The SMILES string of the molecule is CC(C)(F)c1noc(C2CCNCC2)n1. The molecule has 1 aliphatic heterocycles. The number of hydrogen-bond donors (Lipinski definition) is 1. The van der Waals surface area contributed by atoms with Gasteiger partial charge in [-0.3, -0.25) is 0 Å². The predicted molar refractivity (Wildman–Crippen MR) is 53.3 cm³/mol. The fraction of sp³-hybridized carbons (Fsp3) is 0.800. The molecule has 0 atom stereocenters. The summed E-state index contributed by atoms with van der Waals surface area (Å²) in [6.07, 6.45) is 1.96. The molecule has 2 rings (SSSR count). The normalized spacial score (nSPS) is 19.4. The van der Waals surface area contributed by atoms with Crippen molar-refractivity contribution in [3.8, 4) is 0 Å². The summed E-state index contributed by atoms with van der Waals surface area (Å²) in [5, 5.41) is 6.94. The smallest absolute Gasteiger partial charge is 0.229 e. The summed E-state index contributed by atoms with van der Waals surface area (Å²) in [5.41, 5.74) is -1.52. The molecule has 4 nitrogen and oxygen atoms in total. The number of alkyl halides is 1. The Hall–Kier alpha value is -0.970. The fourth-order valence-corrected chi connectivity index (χ4v) is 1.71. The zero-order valence-electron chi connectivity index (χ0n) is 9.09. The Labute approximate surface area is 88.2 Å². The van der Waals surface area contributed by atoms with E-state index < -0.39 is 5.67 Å². The minimum absolute atomic E-state index is 0.149. The standard InChI is InChI=1S/C10H16FN3O/c1-10(2,11)9-13-8(15-14-9)7-3-5-12-6-4-7/h7,12H,3-6H2,1-2H3. The van der Waals surface area contributed by atoms with Crippen molar-refractivity contribution >= 4 is 0 Å². The maximum absolute atomic E-state index is 13.5. The molecule has 0 radical (unpaired) electrons. The summed E-state index contributed by atoms with van der Waals surface area (Å²) in [6, 6.07) is 0. The minimum Gasteiger partial charge on any atom is -0.339 e. The molecule has 0 aromatic carbocycles. The summed E-state index contributed by atoms with van der Waals surface area (Å²) in [7, 11) is 0. The highest BCUT2D eigenvalue weighted by Gasteiger charge is 2.28. The van der Waals surface area contributed by atoms with Gasteiger partial charge in [0.2, 0.25) is 11.7 Å². The minimum atomic E-state index is -1.52. The van der Waals surface area contributed by atoms with E-state index in [1.54, 1.807) is 0 Å². The molecule has 1 fully saturated rings. The molecule has 0 aliphatic carbocycles. The second kappa shape index (κ2) is 3.89. The molecule has 1 aliphatic rings. The van der Waals surface area contributed by atoms with Crippen LogP contribution >= 0.6 is 0 Å². The van der Waals surface area contributed by atoms with Crippen molar-refractivity contribution in [2.75, 3.05) is 13.1 Å². The van der Waals surface area contributed by atoms with Crippen LogP contribution in [-0.2, 0) is 5.67 Å². The van der Waals surface area contributed by atoms with Gasteiger partial charge in [0.1, 0.15) is 0 Å². The first-order valence-electron chi connectivity index (χ1n) is 5.31. The predicted octanol–water partition coefficient (Wildman–Crippen LogP) is 1.74. The van der Waals surface area contributed by atoms with Crippen LogP contribution in [-0.4, -0.2) is 23.2 Å². The first-order chi connectivity index (χ1) is 7.07. The van der Waals surface area contributed by atoms with E-state index in [1.165, 1.54) is 13.8 Å². The maximum Gasteiger partial charge on any atom is 0.229 e. The number of hydrogen-bond acceptors (Lipinski definition) is 4. The highest BCUT2D eigenvalue weighted by Crippen LogP contribution is 2.27. The van der Waals surface area contributed by atoms with Gasteiger partial charge in [-0.1, -0.05) is 5.16 Å². The van der Waals surface area contributed by atoms with E-state index in [1.807, 2.05) is 0 Å². The zero-order valence-corrected chi connectivity index (χ0v) is 9.09. The van der Waals surface area contributed by atoms with Crippen LogP contribution in [0.15, 0.2) is 4.52 Å². The van der Waals surface area contributed by atoms with Gasteiger partial charge in [-0.25, -0.2) is 4.39 Å². The Morgan fingerprint density at radius 2 is 2.07 bits per heavy atom. The van der Waals surface area contributed by atoms with Crippen LogP contribution in [0.4, 0.5) is 4.39 Å². The molecule has 0 unspecified atom stereocenters. The highest BCUT2D eigenvalue weighted by atomic mass is 19.1. The Morgan fingerprint density at radius 3 is 2.60 bits per heavy atom. The topological polar surface area (TPSA) is 51.0 Å². The maximum atomic E-state index is 13.5. The number of aromatic nitrogens is 2. The van der Waals surface area contributed by atoms with Crippen LogP contribution in [0, 0.1) is 0 Å². The Bertz CT molecular complexity index is 326. The van der Waals surface area contributed by atoms with Crippen LogP contribution < -0.4 is 5.32 Å². The van der Waals surface area contributed by atoms with Crippen LogP contribution in [0.3, 0.4) is 0 Å². The molecule has 2 heterocycles. The van der Waals surface area contributed by atoms with E-state index in [2.05, 4.69) is 15.5 Å². The summed E-state index contributed by atoms with van der Waals surface area (Å²) < 4.78 is 18.6. The number of rotatable bonds is 2. The number of nitrogens with one attached hydrogen (secondary N) is 1. The van der Waals surface area contributed by atoms with E-state index in [0.717, 1.165) is 25.9 Å². The van der Waals surface area contributed by atoms with E-state index in [0.29, 0.717) is 5.89 Å². The molecule has 1 N–H and O–H groups in total. The lowest BCUT2D eigenvalue weighted by Gasteiger charge is -2.18. The van der Waals surface area contributed by atoms with Crippen LogP contribution in [0.25, 0.3) is 0 Å². The Kier molecular flexibility index (Phi) is 2.73. The van der Waals surface area contributed by atoms with Crippen molar-refractivity contribution in [1.29, 1.82) is 0 Å². The van der Waals surface area contributed by atoms with Crippen LogP contribution in [0.5, 0.6) is 0 Å². The average Bonchev–Trinajstić information content (AvgIpc) is 2.67. The van der Waals surface area contributed by atoms with Crippen LogP contribution in [0.2, 0.25) is 0 Å². The zero-order chi connectivity index (χ0) is 10.9.